The maximum atomic E-state index is 13.6. The molecule has 2 aliphatic rings. The molecule has 4 rings (SSSR count). The lowest BCUT2D eigenvalue weighted by Gasteiger charge is -2.34. The Morgan fingerprint density at radius 2 is 1.93 bits per heavy atom. The van der Waals surface area contributed by atoms with Gasteiger partial charge in [-0.1, -0.05) is 6.92 Å². The summed E-state index contributed by atoms with van der Waals surface area (Å²) in [5.41, 5.74) is -1.94. The maximum absolute atomic E-state index is 13.6. The van der Waals surface area contributed by atoms with Crippen molar-refractivity contribution in [1.29, 1.82) is 5.26 Å². The summed E-state index contributed by atoms with van der Waals surface area (Å²) in [6.07, 6.45) is -0.511. The molecule has 2 saturated heterocycles. The minimum Gasteiger partial charge on any atom is -0.493 e. The van der Waals surface area contributed by atoms with E-state index >= 15 is 0 Å². The van der Waals surface area contributed by atoms with Gasteiger partial charge in [0.1, 0.15) is 23.4 Å². The van der Waals surface area contributed by atoms with Crippen LogP contribution in [0, 0.1) is 17.2 Å². The molecule has 0 radical (unpaired) electrons. The van der Waals surface area contributed by atoms with E-state index < -0.39 is 40.9 Å². The average Bonchev–Trinajstić information content (AvgIpc) is 3.14. The van der Waals surface area contributed by atoms with E-state index in [1.807, 2.05) is 24.0 Å². The molecule has 1 aromatic carbocycles. The second kappa shape index (κ2) is 12.5. The Hall–Kier alpha value is -3.76. The molecule has 3 heterocycles. The summed E-state index contributed by atoms with van der Waals surface area (Å²) in [5.74, 6) is -0.204. The Morgan fingerprint density at radius 3 is 2.51 bits per heavy atom. The van der Waals surface area contributed by atoms with Crippen LogP contribution in [0.5, 0.6) is 5.75 Å². The molecule has 1 aromatic heterocycles. The van der Waals surface area contributed by atoms with Crippen molar-refractivity contribution in [3.63, 3.8) is 0 Å². The van der Waals surface area contributed by atoms with Gasteiger partial charge < -0.3 is 14.7 Å². The quantitative estimate of drug-likeness (QED) is 0.370. The van der Waals surface area contributed by atoms with Crippen LogP contribution in [0.2, 0.25) is 0 Å². The third-order valence-corrected chi connectivity index (χ3v) is 8.60. The van der Waals surface area contributed by atoms with Crippen molar-refractivity contribution >= 4 is 40.6 Å². The van der Waals surface area contributed by atoms with Crippen LogP contribution in [0.4, 0.5) is 24.5 Å². The van der Waals surface area contributed by atoms with Gasteiger partial charge in [0.2, 0.25) is 0 Å². The molecule has 2 fully saturated rings. The summed E-state index contributed by atoms with van der Waals surface area (Å²) in [7, 11) is 0. The summed E-state index contributed by atoms with van der Waals surface area (Å²) in [6, 6.07) is 7.12. The van der Waals surface area contributed by atoms with Crippen molar-refractivity contribution < 1.29 is 32.6 Å². The van der Waals surface area contributed by atoms with Crippen LogP contribution in [0.1, 0.15) is 63.8 Å². The number of aliphatic carboxylic acids is 1. The first-order chi connectivity index (χ1) is 20.2. The molecule has 230 valence electrons. The predicted octanol–water partition coefficient (Wildman–Crippen LogP) is 5.41. The number of amides is 1. The van der Waals surface area contributed by atoms with E-state index in [4.69, 9.17) is 22.2 Å². The number of anilines is 2. The molecule has 1 atom stereocenters. The van der Waals surface area contributed by atoms with E-state index in [0.717, 1.165) is 55.1 Å². The number of benzene rings is 1. The fourth-order valence-corrected chi connectivity index (χ4v) is 6.10. The number of halogens is 3. The lowest BCUT2D eigenvalue weighted by atomic mass is 9.93. The average molecular weight is 618 g/mol. The number of pyridine rings is 1. The first-order valence-corrected chi connectivity index (χ1v) is 14.5. The topological polar surface area (TPSA) is 110 Å². The summed E-state index contributed by atoms with van der Waals surface area (Å²) in [5, 5.41) is 18.3. The molecule has 2 aliphatic heterocycles. The van der Waals surface area contributed by atoms with E-state index in [-0.39, 0.29) is 10.8 Å². The number of carbonyl (C=O) groups excluding carboxylic acids is 1. The highest BCUT2D eigenvalue weighted by atomic mass is 32.1. The molecule has 9 nitrogen and oxygen atoms in total. The summed E-state index contributed by atoms with van der Waals surface area (Å²) in [6.45, 7) is 8.94. The number of carboxylic acids is 1. The summed E-state index contributed by atoms with van der Waals surface area (Å²) < 4.78 is 47.0. The number of alkyl halides is 3. The second-order valence-corrected chi connectivity index (χ2v) is 11.7. The number of carboxylic acid groups (broad SMARTS) is 1. The van der Waals surface area contributed by atoms with Crippen molar-refractivity contribution in [2.45, 2.75) is 71.1 Å². The van der Waals surface area contributed by atoms with Gasteiger partial charge >= 0.3 is 12.1 Å². The minimum atomic E-state index is -4.84. The number of nitriles is 1. The molecule has 0 spiro atoms. The lowest BCUT2D eigenvalue weighted by molar-refractivity contribution is -0.143. The minimum absolute atomic E-state index is 0.00564. The molecular weight excluding hydrogens is 583 g/mol. The molecule has 0 saturated carbocycles. The van der Waals surface area contributed by atoms with Crippen molar-refractivity contribution in [1.82, 2.24) is 9.88 Å². The number of hydrogen-bond acceptors (Lipinski definition) is 7. The Balaban J connectivity index is 1.49. The Labute approximate surface area is 253 Å². The molecule has 43 heavy (non-hydrogen) atoms. The number of rotatable bonds is 9. The zero-order valence-corrected chi connectivity index (χ0v) is 25.3. The molecule has 1 amide bonds. The van der Waals surface area contributed by atoms with Crippen LogP contribution in [0.15, 0.2) is 30.5 Å². The van der Waals surface area contributed by atoms with Crippen LogP contribution >= 0.6 is 12.2 Å². The van der Waals surface area contributed by atoms with Gasteiger partial charge in [0.05, 0.1) is 24.1 Å². The normalized spacial score (nSPS) is 18.6. The van der Waals surface area contributed by atoms with Crippen molar-refractivity contribution in [2.24, 2.45) is 5.92 Å². The Morgan fingerprint density at radius 1 is 1.26 bits per heavy atom. The highest BCUT2D eigenvalue weighted by molar-refractivity contribution is 7.81. The third kappa shape index (κ3) is 6.45. The van der Waals surface area contributed by atoms with E-state index in [1.54, 1.807) is 31.7 Å². The Kier molecular flexibility index (Phi) is 9.32. The van der Waals surface area contributed by atoms with Crippen LogP contribution in [-0.2, 0) is 22.2 Å². The van der Waals surface area contributed by atoms with Gasteiger partial charge in [-0.2, -0.15) is 18.4 Å². The van der Waals surface area contributed by atoms with E-state index in [9.17, 15) is 27.9 Å². The lowest BCUT2D eigenvalue weighted by Crippen LogP contribution is -2.44. The van der Waals surface area contributed by atoms with E-state index in [1.165, 1.54) is 6.07 Å². The number of aryl methyl sites for hydroxylation is 1. The van der Waals surface area contributed by atoms with Crippen molar-refractivity contribution in [3.8, 4) is 11.8 Å². The highest BCUT2D eigenvalue weighted by Gasteiger charge is 2.51. The first-order valence-electron chi connectivity index (χ1n) is 14.1. The van der Waals surface area contributed by atoms with Gasteiger partial charge in [-0.15, -0.1) is 0 Å². The monoisotopic (exact) mass is 617 g/mol. The number of hydrogen-bond donors (Lipinski definition) is 1. The summed E-state index contributed by atoms with van der Waals surface area (Å²) in [4.78, 5) is 33.0. The highest BCUT2D eigenvalue weighted by Crippen LogP contribution is 2.40. The standard InChI is InChI=1S/C30H34F3N5O4S/c1-5-20-14-21(6-7-25(20)42-13-10-19-8-11-36(12-9-19)18(2)26(39)40)38-28(43)37(27(41)29(38,3)4)22-15-23(30(31,32)33)24(16-34)35-17-22/h6-7,14-15,17-19H,5,8-13H2,1-4H3,(H,39,40)/t18-/m0/s1. The molecule has 13 heteroatoms. The molecule has 2 aromatic rings. The number of likely N-dealkylation sites (tertiary alicyclic amines) is 1. The number of aromatic nitrogens is 1. The fourth-order valence-electron chi connectivity index (χ4n) is 5.58. The van der Waals surface area contributed by atoms with Gasteiger partial charge in [-0.05, 0) is 108 Å². The zero-order valence-electron chi connectivity index (χ0n) is 24.4. The van der Waals surface area contributed by atoms with Crippen LogP contribution in [0.3, 0.4) is 0 Å². The number of thiocarbonyl (C=S) groups is 1. The number of carbonyl (C=O) groups is 2. The van der Waals surface area contributed by atoms with Gasteiger partial charge in [-0.25, -0.2) is 4.98 Å². The Bertz CT molecular complexity index is 1450. The summed E-state index contributed by atoms with van der Waals surface area (Å²) >= 11 is 5.63. The van der Waals surface area contributed by atoms with Gasteiger partial charge in [-0.3, -0.25) is 19.4 Å². The zero-order chi connectivity index (χ0) is 31.7. The van der Waals surface area contributed by atoms with Gasteiger partial charge in [0.25, 0.3) is 5.91 Å². The predicted molar refractivity (Wildman–Crippen MR) is 158 cm³/mol. The van der Waals surface area contributed by atoms with Gasteiger partial charge in [0.15, 0.2) is 10.8 Å². The van der Waals surface area contributed by atoms with Crippen molar-refractivity contribution in [3.05, 3.63) is 47.3 Å². The fraction of sp³-hybridized carbons (Fsp3) is 0.500. The third-order valence-electron chi connectivity index (χ3n) is 8.23. The molecule has 0 unspecified atom stereocenters. The smallest absolute Gasteiger partial charge is 0.419 e. The van der Waals surface area contributed by atoms with Gasteiger partial charge in [0, 0.05) is 5.69 Å². The molecule has 0 bridgehead atoms. The molecule has 0 aliphatic carbocycles. The van der Waals surface area contributed by atoms with E-state index in [2.05, 4.69) is 4.98 Å². The van der Waals surface area contributed by atoms with Crippen LogP contribution in [-0.4, -0.2) is 63.3 Å². The second-order valence-electron chi connectivity index (χ2n) is 11.3. The van der Waals surface area contributed by atoms with Crippen LogP contribution < -0.4 is 14.5 Å². The molecular formula is C30H34F3N5O4S. The largest absolute Gasteiger partial charge is 0.493 e. The van der Waals surface area contributed by atoms with Crippen LogP contribution in [0.25, 0.3) is 0 Å². The first kappa shape index (κ1) is 32.2. The number of nitrogens with zero attached hydrogens (tertiary/aromatic N) is 5. The SMILES string of the molecule is CCc1cc(N2C(=S)N(c3cnc(C#N)c(C(F)(F)F)c3)C(=O)C2(C)C)ccc1OCCC1CCN([C@@H](C)C(=O)O)CC1. The van der Waals surface area contributed by atoms with E-state index in [0.29, 0.717) is 30.4 Å². The molecule has 1 N–H and O–H groups in total. The van der Waals surface area contributed by atoms with Crippen molar-refractivity contribution in [2.75, 3.05) is 29.5 Å². The number of ether oxygens (including phenoxy) is 1. The maximum Gasteiger partial charge on any atom is 0.419 e. The number of piperidine rings is 1.